The van der Waals surface area contributed by atoms with Crippen LogP contribution in [0.3, 0.4) is 0 Å². The van der Waals surface area contributed by atoms with Crippen molar-refractivity contribution >= 4 is 21.9 Å². The molecule has 0 atom stereocenters. The van der Waals surface area contributed by atoms with Gasteiger partial charge in [0.2, 0.25) is 15.9 Å². The smallest absolute Gasteiger partial charge is 0.303 e. The number of sulfonamides is 1. The van der Waals surface area contributed by atoms with Crippen LogP contribution in [-0.2, 0) is 19.6 Å². The van der Waals surface area contributed by atoms with Crippen LogP contribution in [0.2, 0.25) is 0 Å². The van der Waals surface area contributed by atoms with Crippen LogP contribution < -0.4 is 5.32 Å². The van der Waals surface area contributed by atoms with Crippen molar-refractivity contribution in [3.05, 3.63) is 30.1 Å². The van der Waals surface area contributed by atoms with Crippen LogP contribution in [-0.4, -0.2) is 49.3 Å². The number of carbonyl (C=O) groups is 2. The number of rotatable bonds is 7. The Hall–Kier alpha value is -2.00. The molecule has 1 saturated heterocycles. The highest BCUT2D eigenvalue weighted by Crippen LogP contribution is 2.25. The number of aliphatic carboxylic acids is 1. The Labute approximate surface area is 145 Å². The summed E-state index contributed by atoms with van der Waals surface area (Å²) >= 11 is 0. The van der Waals surface area contributed by atoms with E-state index in [9.17, 15) is 22.4 Å². The molecule has 1 aliphatic heterocycles. The largest absolute Gasteiger partial charge is 0.481 e. The Morgan fingerprint density at radius 1 is 1.24 bits per heavy atom. The average Bonchev–Trinajstić information content (AvgIpc) is 2.58. The summed E-state index contributed by atoms with van der Waals surface area (Å²) in [5.74, 6) is -2.23. The molecule has 7 nitrogen and oxygen atoms in total. The van der Waals surface area contributed by atoms with E-state index in [0.717, 1.165) is 6.07 Å². The lowest BCUT2D eigenvalue weighted by Crippen LogP contribution is -2.43. The van der Waals surface area contributed by atoms with Crippen LogP contribution in [0.5, 0.6) is 0 Å². The van der Waals surface area contributed by atoms with E-state index in [1.165, 1.54) is 22.5 Å². The fraction of sp³-hybridized carbons (Fsp3) is 0.500. The van der Waals surface area contributed by atoms with E-state index in [0.29, 0.717) is 19.3 Å². The summed E-state index contributed by atoms with van der Waals surface area (Å²) in [5, 5.41) is 11.2. The van der Waals surface area contributed by atoms with Gasteiger partial charge in [-0.15, -0.1) is 0 Å². The lowest BCUT2D eigenvalue weighted by molar-refractivity contribution is -0.137. The number of carboxylic acid groups (broad SMARTS) is 1. The molecule has 0 aromatic heterocycles. The third-order valence-electron chi connectivity index (χ3n) is 4.15. The molecule has 1 aromatic rings. The number of benzene rings is 1. The third-order valence-corrected chi connectivity index (χ3v) is 6.08. The summed E-state index contributed by atoms with van der Waals surface area (Å²) in [6.07, 6.45) is 1.03. The molecule has 0 unspecified atom stereocenters. The van der Waals surface area contributed by atoms with Crippen molar-refractivity contribution in [1.82, 2.24) is 9.62 Å². The SMILES string of the molecule is O=C(O)CCCNC(=O)C1CCN(S(=O)(=O)c2ccccc2F)CC1. The highest BCUT2D eigenvalue weighted by Gasteiger charge is 2.33. The molecule has 2 N–H and O–H groups in total. The Balaban J connectivity index is 1.88. The summed E-state index contributed by atoms with van der Waals surface area (Å²) in [6.45, 7) is 0.562. The number of piperidine rings is 1. The number of halogens is 1. The fourth-order valence-electron chi connectivity index (χ4n) is 2.75. The molecule has 1 aromatic carbocycles. The van der Waals surface area contributed by atoms with Gasteiger partial charge in [0, 0.05) is 32.0 Å². The van der Waals surface area contributed by atoms with Crippen molar-refractivity contribution < 1.29 is 27.5 Å². The second-order valence-electron chi connectivity index (χ2n) is 5.90. The van der Waals surface area contributed by atoms with Crippen LogP contribution in [0.25, 0.3) is 0 Å². The molecule has 0 radical (unpaired) electrons. The van der Waals surface area contributed by atoms with E-state index in [1.54, 1.807) is 0 Å². The van der Waals surface area contributed by atoms with Gasteiger partial charge in [0.1, 0.15) is 10.7 Å². The van der Waals surface area contributed by atoms with E-state index in [1.807, 2.05) is 0 Å². The minimum atomic E-state index is -3.91. The molecule has 1 heterocycles. The summed E-state index contributed by atoms with van der Waals surface area (Å²) in [5.41, 5.74) is 0. The summed E-state index contributed by atoms with van der Waals surface area (Å²) < 4.78 is 39.9. The van der Waals surface area contributed by atoms with Gasteiger partial charge in [-0.25, -0.2) is 12.8 Å². The van der Waals surface area contributed by atoms with E-state index in [2.05, 4.69) is 5.32 Å². The molecule has 1 fully saturated rings. The third kappa shape index (κ3) is 4.99. The minimum absolute atomic E-state index is 0.0143. The molecule has 138 valence electrons. The van der Waals surface area contributed by atoms with Crippen molar-refractivity contribution in [2.75, 3.05) is 19.6 Å². The van der Waals surface area contributed by atoms with Gasteiger partial charge in [0.25, 0.3) is 0 Å². The van der Waals surface area contributed by atoms with E-state index < -0.39 is 21.8 Å². The first-order valence-corrected chi connectivity index (χ1v) is 9.50. The molecule has 1 aliphatic rings. The molecule has 9 heteroatoms. The highest BCUT2D eigenvalue weighted by molar-refractivity contribution is 7.89. The quantitative estimate of drug-likeness (QED) is 0.700. The number of hydrogen-bond donors (Lipinski definition) is 2. The zero-order chi connectivity index (χ0) is 18.4. The van der Waals surface area contributed by atoms with Crippen LogP contribution in [0.4, 0.5) is 4.39 Å². The molecule has 0 aliphatic carbocycles. The van der Waals surface area contributed by atoms with Gasteiger partial charge in [-0.2, -0.15) is 4.31 Å². The Kier molecular flexibility index (Phi) is 6.49. The van der Waals surface area contributed by atoms with Crippen molar-refractivity contribution in [2.45, 2.75) is 30.6 Å². The monoisotopic (exact) mass is 372 g/mol. The molecular weight excluding hydrogens is 351 g/mol. The standard InChI is InChI=1S/C16H21FN2O5S/c17-13-4-1-2-5-14(13)25(23,24)19-10-7-12(8-11-19)16(22)18-9-3-6-15(20)21/h1-2,4-5,12H,3,6-11H2,(H,18,22)(H,20,21). The number of nitrogens with one attached hydrogen (secondary N) is 1. The first-order valence-electron chi connectivity index (χ1n) is 8.06. The number of hydrogen-bond acceptors (Lipinski definition) is 4. The molecule has 25 heavy (non-hydrogen) atoms. The molecule has 0 spiro atoms. The van der Waals surface area contributed by atoms with Crippen molar-refractivity contribution in [2.24, 2.45) is 5.92 Å². The van der Waals surface area contributed by atoms with Crippen molar-refractivity contribution in [3.8, 4) is 0 Å². The predicted octanol–water partition coefficient (Wildman–Crippen LogP) is 1.21. The minimum Gasteiger partial charge on any atom is -0.481 e. The maximum atomic E-state index is 13.8. The fourth-order valence-corrected chi connectivity index (χ4v) is 4.28. The van der Waals surface area contributed by atoms with Gasteiger partial charge in [-0.3, -0.25) is 9.59 Å². The van der Waals surface area contributed by atoms with Gasteiger partial charge < -0.3 is 10.4 Å². The first kappa shape index (κ1) is 19.3. The van der Waals surface area contributed by atoms with Crippen LogP contribution in [0, 0.1) is 11.7 Å². The Morgan fingerprint density at radius 3 is 2.48 bits per heavy atom. The topological polar surface area (TPSA) is 104 Å². The van der Waals surface area contributed by atoms with E-state index in [4.69, 9.17) is 5.11 Å². The number of carbonyl (C=O) groups excluding carboxylic acids is 1. The summed E-state index contributed by atoms with van der Waals surface area (Å²) in [7, 11) is -3.91. The molecule has 1 amide bonds. The molecule has 0 bridgehead atoms. The second kappa shape index (κ2) is 8.39. The summed E-state index contributed by atoms with van der Waals surface area (Å²) in [4.78, 5) is 22.1. The maximum Gasteiger partial charge on any atom is 0.303 e. The van der Waals surface area contributed by atoms with E-state index in [-0.39, 0.29) is 42.8 Å². The van der Waals surface area contributed by atoms with E-state index >= 15 is 0 Å². The van der Waals surface area contributed by atoms with Gasteiger partial charge in [-0.1, -0.05) is 12.1 Å². The maximum absolute atomic E-state index is 13.8. The Bertz CT molecular complexity index is 730. The lowest BCUT2D eigenvalue weighted by atomic mass is 9.97. The van der Waals surface area contributed by atoms with Crippen LogP contribution in [0.15, 0.2) is 29.2 Å². The normalized spacial score (nSPS) is 16.5. The number of carboxylic acids is 1. The van der Waals surface area contributed by atoms with Gasteiger partial charge >= 0.3 is 5.97 Å². The van der Waals surface area contributed by atoms with Crippen molar-refractivity contribution in [3.63, 3.8) is 0 Å². The van der Waals surface area contributed by atoms with Gasteiger partial charge in [0.15, 0.2) is 0 Å². The summed E-state index contributed by atoms with van der Waals surface area (Å²) in [6, 6.07) is 5.22. The van der Waals surface area contributed by atoms with Crippen molar-refractivity contribution in [1.29, 1.82) is 0 Å². The number of amides is 1. The van der Waals surface area contributed by atoms with Gasteiger partial charge in [0.05, 0.1) is 0 Å². The zero-order valence-corrected chi connectivity index (χ0v) is 14.5. The highest BCUT2D eigenvalue weighted by atomic mass is 32.2. The molecule has 2 rings (SSSR count). The Morgan fingerprint density at radius 2 is 1.88 bits per heavy atom. The van der Waals surface area contributed by atoms with Gasteiger partial charge in [-0.05, 0) is 31.4 Å². The first-order chi connectivity index (χ1) is 11.8. The van der Waals surface area contributed by atoms with Crippen LogP contribution >= 0.6 is 0 Å². The predicted molar refractivity (Wildman–Crippen MR) is 87.8 cm³/mol. The average molecular weight is 372 g/mol. The zero-order valence-electron chi connectivity index (χ0n) is 13.7. The molecule has 0 saturated carbocycles. The lowest BCUT2D eigenvalue weighted by Gasteiger charge is -2.30. The van der Waals surface area contributed by atoms with Crippen LogP contribution in [0.1, 0.15) is 25.7 Å². The second-order valence-corrected chi connectivity index (χ2v) is 7.80. The number of nitrogens with zero attached hydrogens (tertiary/aromatic N) is 1. The molecular formula is C16H21FN2O5S.